The first-order chi connectivity index (χ1) is 7.27. The first-order valence-corrected chi connectivity index (χ1v) is 4.86. The van der Waals surface area contributed by atoms with Crippen LogP contribution in [-0.2, 0) is 6.42 Å². The summed E-state index contributed by atoms with van der Waals surface area (Å²) >= 11 is 0. The second-order valence-electron chi connectivity index (χ2n) is 3.40. The molecule has 0 aromatic heterocycles. The lowest BCUT2D eigenvalue weighted by Crippen LogP contribution is -1.84. The van der Waals surface area contributed by atoms with E-state index in [-0.39, 0.29) is 11.4 Å². The Balaban J connectivity index is 2.94. The van der Waals surface area contributed by atoms with E-state index in [0.717, 1.165) is 22.8 Å². The van der Waals surface area contributed by atoms with E-state index < -0.39 is 0 Å². The molecule has 0 unspecified atom stereocenters. The number of phenolic OH excluding ortho intramolecular Hbond substituents is 1. The molecular formula is C12H11N2O+. The van der Waals surface area contributed by atoms with E-state index in [4.69, 9.17) is 5.39 Å². The van der Waals surface area contributed by atoms with Crippen LogP contribution in [0.3, 0.4) is 0 Å². The third-order valence-electron chi connectivity index (χ3n) is 2.56. The number of benzene rings is 2. The fourth-order valence-corrected chi connectivity index (χ4v) is 1.82. The van der Waals surface area contributed by atoms with E-state index in [1.54, 1.807) is 6.07 Å². The normalized spacial score (nSPS) is 10.1. The van der Waals surface area contributed by atoms with Crippen LogP contribution < -0.4 is 0 Å². The fraction of sp³-hybridized carbons (Fsp3) is 0.167. The molecule has 0 fully saturated rings. The van der Waals surface area contributed by atoms with Gasteiger partial charge in [-0.25, -0.2) is 0 Å². The lowest BCUT2D eigenvalue weighted by molar-refractivity contribution is 0.478. The summed E-state index contributed by atoms with van der Waals surface area (Å²) in [5.74, 6) is 0.0213. The first-order valence-electron chi connectivity index (χ1n) is 4.86. The number of phenols is 1. The van der Waals surface area contributed by atoms with E-state index in [0.29, 0.717) is 0 Å². The van der Waals surface area contributed by atoms with E-state index in [9.17, 15) is 5.11 Å². The van der Waals surface area contributed by atoms with E-state index in [1.807, 2.05) is 31.2 Å². The standard InChI is InChI=1S/C12H10N2O/c1-2-8-7-11(15)12(14-13)10-6-4-3-5-9(8)10/h3-7H,2H2,1H3/p+1. The molecule has 15 heavy (non-hydrogen) atoms. The highest BCUT2D eigenvalue weighted by atomic mass is 16.3. The molecule has 74 valence electrons. The van der Waals surface area contributed by atoms with Crippen molar-refractivity contribution < 1.29 is 5.11 Å². The second-order valence-corrected chi connectivity index (χ2v) is 3.40. The lowest BCUT2D eigenvalue weighted by atomic mass is 10.0. The van der Waals surface area contributed by atoms with Crippen LogP contribution in [0, 0.1) is 5.39 Å². The minimum Gasteiger partial charge on any atom is -0.501 e. The molecule has 0 radical (unpaired) electrons. The van der Waals surface area contributed by atoms with Crippen LogP contribution in [0.4, 0.5) is 5.69 Å². The van der Waals surface area contributed by atoms with Crippen LogP contribution in [0.25, 0.3) is 15.7 Å². The molecule has 2 aromatic rings. The highest BCUT2D eigenvalue weighted by Gasteiger charge is 2.19. The Bertz CT molecular complexity index is 555. The number of nitrogens with zero attached hydrogens (tertiary/aromatic N) is 2. The Morgan fingerprint density at radius 2 is 1.93 bits per heavy atom. The van der Waals surface area contributed by atoms with Crippen molar-refractivity contribution in [2.75, 3.05) is 0 Å². The van der Waals surface area contributed by atoms with Crippen LogP contribution in [0.5, 0.6) is 5.75 Å². The number of diazo groups is 1. The van der Waals surface area contributed by atoms with Crippen molar-refractivity contribution in [2.45, 2.75) is 13.3 Å². The van der Waals surface area contributed by atoms with Gasteiger partial charge in [0.1, 0.15) is 0 Å². The molecule has 0 bridgehead atoms. The molecule has 0 saturated heterocycles. The van der Waals surface area contributed by atoms with Crippen molar-refractivity contribution in [1.82, 2.24) is 0 Å². The largest absolute Gasteiger partial charge is 0.501 e. The van der Waals surface area contributed by atoms with Crippen molar-refractivity contribution in [3.8, 4) is 5.75 Å². The van der Waals surface area contributed by atoms with Crippen molar-refractivity contribution >= 4 is 16.5 Å². The Kier molecular flexibility index (Phi) is 2.26. The van der Waals surface area contributed by atoms with Crippen molar-refractivity contribution in [2.24, 2.45) is 0 Å². The number of hydrogen-bond donors (Lipinski definition) is 1. The molecule has 0 saturated carbocycles. The summed E-state index contributed by atoms with van der Waals surface area (Å²) in [5.41, 5.74) is 1.29. The summed E-state index contributed by atoms with van der Waals surface area (Å²) in [6, 6.07) is 9.23. The molecule has 0 aliphatic heterocycles. The van der Waals surface area contributed by atoms with Crippen LogP contribution in [0.15, 0.2) is 30.3 Å². The van der Waals surface area contributed by atoms with Gasteiger partial charge in [-0.15, -0.1) is 0 Å². The maximum Gasteiger partial charge on any atom is 0.433 e. The number of rotatable bonds is 1. The molecule has 2 aromatic carbocycles. The minimum atomic E-state index is 0.0213. The van der Waals surface area contributed by atoms with Gasteiger partial charge in [0.15, 0.2) is 4.98 Å². The zero-order valence-electron chi connectivity index (χ0n) is 8.44. The molecular weight excluding hydrogens is 188 g/mol. The van der Waals surface area contributed by atoms with Gasteiger partial charge in [0.2, 0.25) is 11.1 Å². The Morgan fingerprint density at radius 1 is 1.27 bits per heavy atom. The van der Waals surface area contributed by atoms with E-state index in [2.05, 4.69) is 4.98 Å². The zero-order chi connectivity index (χ0) is 10.8. The van der Waals surface area contributed by atoms with Gasteiger partial charge in [0, 0.05) is 0 Å². The highest BCUT2D eigenvalue weighted by Crippen LogP contribution is 2.37. The molecule has 0 aliphatic rings. The van der Waals surface area contributed by atoms with Gasteiger partial charge >= 0.3 is 5.69 Å². The third-order valence-corrected chi connectivity index (χ3v) is 2.56. The summed E-state index contributed by atoms with van der Waals surface area (Å²) in [6.45, 7) is 2.02. The zero-order valence-corrected chi connectivity index (χ0v) is 8.44. The smallest absolute Gasteiger partial charge is 0.433 e. The topological polar surface area (TPSA) is 48.4 Å². The van der Waals surface area contributed by atoms with Crippen LogP contribution in [0.1, 0.15) is 12.5 Å². The lowest BCUT2D eigenvalue weighted by Gasteiger charge is -2.02. The average molecular weight is 199 g/mol. The molecule has 3 heteroatoms. The molecule has 0 atom stereocenters. The van der Waals surface area contributed by atoms with Crippen molar-refractivity contribution in [3.63, 3.8) is 0 Å². The molecule has 1 N–H and O–H groups in total. The maximum absolute atomic E-state index is 9.67. The Hall–Kier alpha value is -2.08. The highest BCUT2D eigenvalue weighted by molar-refractivity contribution is 5.99. The van der Waals surface area contributed by atoms with Crippen molar-refractivity contribution in [3.05, 3.63) is 40.9 Å². The van der Waals surface area contributed by atoms with Gasteiger partial charge in [0.25, 0.3) is 0 Å². The molecule has 0 amide bonds. The number of aromatic hydroxyl groups is 1. The summed E-state index contributed by atoms with van der Waals surface area (Å²) in [4.78, 5) is 3.12. The number of fused-ring (bicyclic) bond motifs is 1. The summed E-state index contributed by atoms with van der Waals surface area (Å²) in [5, 5.41) is 20.3. The molecule has 2 rings (SSSR count). The predicted molar refractivity (Wildman–Crippen MR) is 59.7 cm³/mol. The molecule has 0 aliphatic carbocycles. The number of aryl methyl sites for hydroxylation is 1. The average Bonchev–Trinajstić information content (AvgIpc) is 2.28. The van der Waals surface area contributed by atoms with Crippen LogP contribution in [-0.4, -0.2) is 5.11 Å². The molecule has 0 spiro atoms. The van der Waals surface area contributed by atoms with Gasteiger partial charge in [-0.3, -0.25) is 0 Å². The minimum absolute atomic E-state index is 0.0213. The Labute approximate surface area is 87.6 Å². The first kappa shape index (κ1) is 9.47. The SMILES string of the molecule is CCc1cc(O)c([N+]#N)c2ccccc12. The summed E-state index contributed by atoms with van der Waals surface area (Å²) in [7, 11) is 0. The van der Waals surface area contributed by atoms with Crippen molar-refractivity contribution in [1.29, 1.82) is 5.39 Å². The Morgan fingerprint density at radius 3 is 2.53 bits per heavy atom. The maximum atomic E-state index is 9.67. The van der Waals surface area contributed by atoms with Crippen LogP contribution in [0.2, 0.25) is 0 Å². The summed E-state index contributed by atoms with van der Waals surface area (Å²) < 4.78 is 0. The predicted octanol–water partition coefficient (Wildman–Crippen LogP) is 3.59. The van der Waals surface area contributed by atoms with Gasteiger partial charge in [-0.2, -0.15) is 0 Å². The van der Waals surface area contributed by atoms with Gasteiger partial charge in [-0.1, -0.05) is 25.1 Å². The van der Waals surface area contributed by atoms with E-state index in [1.165, 1.54) is 0 Å². The summed E-state index contributed by atoms with van der Waals surface area (Å²) in [6.07, 6.45) is 0.833. The fourth-order valence-electron chi connectivity index (χ4n) is 1.82. The monoisotopic (exact) mass is 199 g/mol. The van der Waals surface area contributed by atoms with Gasteiger partial charge in [-0.05, 0) is 29.5 Å². The number of hydrogen-bond acceptors (Lipinski definition) is 2. The third kappa shape index (κ3) is 1.40. The molecule has 3 nitrogen and oxygen atoms in total. The molecule has 0 heterocycles. The van der Waals surface area contributed by atoms with Gasteiger partial charge < -0.3 is 5.11 Å². The van der Waals surface area contributed by atoms with Crippen LogP contribution >= 0.6 is 0 Å². The van der Waals surface area contributed by atoms with E-state index >= 15 is 0 Å². The van der Waals surface area contributed by atoms with Gasteiger partial charge in [0.05, 0.1) is 5.39 Å². The quantitative estimate of drug-likeness (QED) is 0.713. The second kappa shape index (κ2) is 3.58.